The third-order valence-corrected chi connectivity index (χ3v) is 8.48. The van der Waals surface area contributed by atoms with Crippen LogP contribution in [0.4, 0.5) is 5.82 Å². The van der Waals surface area contributed by atoms with Crippen molar-refractivity contribution >= 4 is 45.0 Å². The van der Waals surface area contributed by atoms with Crippen LogP contribution in [0.5, 0.6) is 0 Å². The number of dihydropyridines is 1. The zero-order chi connectivity index (χ0) is 28.7. The molecular weight excluding hydrogens is 602 g/mol. The van der Waals surface area contributed by atoms with Gasteiger partial charge in [-0.05, 0) is 71.9 Å². The molecule has 2 atom stereocenters. The molecule has 0 saturated carbocycles. The summed E-state index contributed by atoms with van der Waals surface area (Å²) < 4.78 is 2.46. The molecule has 7 nitrogen and oxygen atoms in total. The van der Waals surface area contributed by atoms with Crippen LogP contribution in [0.15, 0.2) is 106 Å². The van der Waals surface area contributed by atoms with Gasteiger partial charge in [0, 0.05) is 45.2 Å². The number of halogens is 2. The van der Waals surface area contributed by atoms with Crippen molar-refractivity contribution < 1.29 is 9.59 Å². The average molecular weight is 629 g/mol. The van der Waals surface area contributed by atoms with Crippen LogP contribution >= 0.6 is 27.5 Å². The van der Waals surface area contributed by atoms with Crippen molar-refractivity contribution in [3.8, 4) is 5.69 Å². The zero-order valence-electron chi connectivity index (χ0n) is 22.5. The zero-order valence-corrected chi connectivity index (χ0v) is 24.8. The number of carbonyl (C=O) groups excluding carboxylic acids is 2. The molecule has 1 aliphatic carbocycles. The maximum atomic E-state index is 14.0. The molecule has 2 N–H and O–H groups in total. The summed E-state index contributed by atoms with van der Waals surface area (Å²) in [6, 6.07) is 23.2. The summed E-state index contributed by atoms with van der Waals surface area (Å²) in [5.74, 6) is -0.633. The summed E-state index contributed by atoms with van der Waals surface area (Å²) in [4.78, 5) is 32.3. The molecule has 1 aliphatic heterocycles. The number of rotatable bonds is 5. The number of nitrogens with one attached hydrogen (secondary N) is 2. The third kappa shape index (κ3) is 5.13. The fraction of sp³-hybridized carbons (Fsp3) is 0.188. The highest BCUT2D eigenvalue weighted by Gasteiger charge is 2.43. The van der Waals surface area contributed by atoms with Crippen LogP contribution in [0, 0.1) is 6.92 Å². The number of anilines is 1. The Morgan fingerprint density at radius 1 is 1.02 bits per heavy atom. The molecule has 9 heteroatoms. The number of allylic oxidation sites excluding steroid dienone is 3. The molecule has 4 aromatic rings. The number of Topliss-reactive ketones (excluding diaryl/α,β-unsaturated/α-hetero) is 1. The molecule has 0 saturated heterocycles. The lowest BCUT2D eigenvalue weighted by atomic mass is 9.71. The Balaban J connectivity index is 1.48. The fourth-order valence-corrected chi connectivity index (χ4v) is 6.42. The lowest BCUT2D eigenvalue weighted by Crippen LogP contribution is -2.37. The van der Waals surface area contributed by atoms with Gasteiger partial charge < -0.3 is 10.6 Å². The fourth-order valence-electron chi connectivity index (χ4n) is 5.80. The summed E-state index contributed by atoms with van der Waals surface area (Å²) >= 11 is 10.5. The predicted molar refractivity (Wildman–Crippen MR) is 163 cm³/mol. The molecule has 0 spiro atoms. The normalized spacial score (nSPS) is 18.7. The number of amides is 1. The molecule has 206 valence electrons. The van der Waals surface area contributed by atoms with Crippen molar-refractivity contribution in [2.24, 2.45) is 0 Å². The van der Waals surface area contributed by atoms with Crippen molar-refractivity contribution in [3.63, 3.8) is 0 Å². The highest BCUT2D eigenvalue weighted by Crippen LogP contribution is 2.48. The van der Waals surface area contributed by atoms with Crippen LogP contribution in [0.1, 0.15) is 48.4 Å². The van der Waals surface area contributed by atoms with Crippen LogP contribution in [0.3, 0.4) is 0 Å². The van der Waals surface area contributed by atoms with E-state index in [-0.39, 0.29) is 17.6 Å². The van der Waals surface area contributed by atoms with Crippen molar-refractivity contribution in [2.75, 3.05) is 5.32 Å². The van der Waals surface area contributed by atoms with E-state index in [1.807, 2.05) is 62.4 Å². The van der Waals surface area contributed by atoms with Crippen molar-refractivity contribution in [1.29, 1.82) is 0 Å². The highest BCUT2D eigenvalue weighted by molar-refractivity contribution is 9.10. The van der Waals surface area contributed by atoms with Gasteiger partial charge >= 0.3 is 0 Å². The number of aromatic nitrogens is 3. The Morgan fingerprint density at radius 2 is 1.73 bits per heavy atom. The second-order valence-corrected chi connectivity index (χ2v) is 11.6. The van der Waals surface area contributed by atoms with E-state index in [0.717, 1.165) is 21.4 Å². The molecule has 3 heterocycles. The number of ketones is 1. The number of carbonyl (C=O) groups is 2. The van der Waals surface area contributed by atoms with Crippen molar-refractivity contribution in [3.05, 3.63) is 128 Å². The quantitative estimate of drug-likeness (QED) is 0.249. The van der Waals surface area contributed by atoms with Gasteiger partial charge in [0.1, 0.15) is 11.0 Å². The first-order valence-electron chi connectivity index (χ1n) is 13.3. The monoisotopic (exact) mass is 627 g/mol. The Hall–Kier alpha value is -4.01. The molecule has 2 aliphatic rings. The van der Waals surface area contributed by atoms with Crippen molar-refractivity contribution in [2.45, 2.75) is 38.5 Å². The van der Waals surface area contributed by atoms with Crippen LogP contribution in [-0.2, 0) is 9.59 Å². The van der Waals surface area contributed by atoms with Crippen LogP contribution in [0.2, 0.25) is 5.15 Å². The van der Waals surface area contributed by atoms with E-state index in [1.54, 1.807) is 23.0 Å². The van der Waals surface area contributed by atoms with Gasteiger partial charge in [-0.3, -0.25) is 9.59 Å². The summed E-state index contributed by atoms with van der Waals surface area (Å²) in [6.07, 6.45) is 2.60. The number of para-hydroxylation sites is 1. The van der Waals surface area contributed by atoms with E-state index in [1.165, 1.54) is 0 Å². The SMILES string of the molecule is CC1=C(C(=O)Nc2ccc(Br)cn2)[C@H](c2c(C)nn(-c3ccccc3)c2Cl)C2=C(C[C@H](c3ccccc3)CC2=O)N1. The van der Waals surface area contributed by atoms with E-state index >= 15 is 0 Å². The van der Waals surface area contributed by atoms with Crippen LogP contribution in [-0.4, -0.2) is 26.5 Å². The molecule has 0 fully saturated rings. The average Bonchev–Trinajstić information content (AvgIpc) is 3.27. The van der Waals surface area contributed by atoms with Gasteiger partial charge in [-0.25, -0.2) is 9.67 Å². The summed E-state index contributed by atoms with van der Waals surface area (Å²) in [5.41, 5.74) is 5.65. The molecule has 2 aromatic carbocycles. The second kappa shape index (κ2) is 11.1. The minimum atomic E-state index is -0.698. The van der Waals surface area contributed by atoms with E-state index in [2.05, 4.69) is 43.7 Å². The van der Waals surface area contributed by atoms with Gasteiger partial charge in [0.15, 0.2) is 5.78 Å². The van der Waals surface area contributed by atoms with E-state index < -0.39 is 5.92 Å². The number of hydrogen-bond donors (Lipinski definition) is 2. The Bertz CT molecular complexity index is 1710. The number of hydrogen-bond acceptors (Lipinski definition) is 5. The highest BCUT2D eigenvalue weighted by atomic mass is 79.9. The topological polar surface area (TPSA) is 88.9 Å². The van der Waals surface area contributed by atoms with Gasteiger partial charge in [-0.15, -0.1) is 0 Å². The van der Waals surface area contributed by atoms with Gasteiger partial charge in [0.05, 0.1) is 17.3 Å². The summed E-state index contributed by atoms with van der Waals surface area (Å²) in [5, 5.41) is 11.5. The minimum absolute atomic E-state index is 0.0138. The lowest BCUT2D eigenvalue weighted by molar-refractivity contribution is -0.116. The lowest BCUT2D eigenvalue weighted by Gasteiger charge is -2.37. The Morgan fingerprint density at radius 3 is 2.41 bits per heavy atom. The van der Waals surface area contributed by atoms with Gasteiger partial charge in [0.2, 0.25) is 0 Å². The first-order chi connectivity index (χ1) is 19.8. The van der Waals surface area contributed by atoms with Gasteiger partial charge in [0.25, 0.3) is 5.91 Å². The largest absolute Gasteiger partial charge is 0.362 e. The maximum Gasteiger partial charge on any atom is 0.255 e. The van der Waals surface area contributed by atoms with Crippen LogP contribution < -0.4 is 10.6 Å². The smallest absolute Gasteiger partial charge is 0.255 e. The number of aryl methyl sites for hydroxylation is 1. The minimum Gasteiger partial charge on any atom is -0.362 e. The molecule has 41 heavy (non-hydrogen) atoms. The first kappa shape index (κ1) is 27.2. The summed E-state index contributed by atoms with van der Waals surface area (Å²) in [6.45, 7) is 3.73. The van der Waals surface area contributed by atoms with Crippen molar-refractivity contribution in [1.82, 2.24) is 20.1 Å². The standard InChI is InChI=1S/C32H27BrClN5O2/c1-18-28(32(41)37-26-14-13-22(33)17-35-26)30(27-19(2)38-39(31(27)34)23-11-7-4-8-12-23)29-24(36-18)15-21(16-25(29)40)20-9-5-3-6-10-20/h3-14,17,21,30,36H,15-16H2,1-2H3,(H,35,37,41)/t21-,30-/m0/s1. The number of pyridine rings is 1. The molecule has 2 aromatic heterocycles. The molecule has 6 rings (SSSR count). The van der Waals surface area contributed by atoms with Crippen LogP contribution in [0.25, 0.3) is 5.69 Å². The van der Waals surface area contributed by atoms with E-state index in [9.17, 15) is 9.59 Å². The molecule has 0 radical (unpaired) electrons. The van der Waals surface area contributed by atoms with E-state index in [4.69, 9.17) is 16.7 Å². The number of benzene rings is 2. The second-order valence-electron chi connectivity index (χ2n) is 10.3. The molecule has 1 amide bonds. The number of nitrogens with zero attached hydrogens (tertiary/aromatic N) is 3. The predicted octanol–water partition coefficient (Wildman–Crippen LogP) is 6.99. The molecule has 0 bridgehead atoms. The molecule has 0 unspecified atom stereocenters. The Kier molecular flexibility index (Phi) is 7.36. The third-order valence-electron chi connectivity index (χ3n) is 7.65. The Labute approximate surface area is 251 Å². The van der Waals surface area contributed by atoms with Gasteiger partial charge in [-0.1, -0.05) is 60.1 Å². The van der Waals surface area contributed by atoms with E-state index in [0.29, 0.717) is 51.9 Å². The molecular formula is C32H27BrClN5O2. The summed E-state index contributed by atoms with van der Waals surface area (Å²) in [7, 11) is 0. The maximum absolute atomic E-state index is 14.0. The first-order valence-corrected chi connectivity index (χ1v) is 14.5. The van der Waals surface area contributed by atoms with Gasteiger partial charge in [-0.2, -0.15) is 5.10 Å².